The van der Waals surface area contributed by atoms with Crippen LogP contribution >= 0.6 is 0 Å². The Balaban J connectivity index is 1.50. The standard InChI is InChI=1S/C23H16FN5O2/c24-16-7-2-4-10-19(16)31-22-18(9-5-11-25-22)28-23-26-13-14-12-20(30)27-17-8-3-1-6-15(17)21(14)29-23/h1-11,13H,12H2,(H,27,30)(H,26,28,29). The smallest absolute Gasteiger partial charge is 0.243 e. The number of carbonyl (C=O) groups is 1. The summed E-state index contributed by atoms with van der Waals surface area (Å²) < 4.78 is 19.7. The number of para-hydroxylation sites is 2. The molecule has 5 rings (SSSR count). The van der Waals surface area contributed by atoms with Gasteiger partial charge < -0.3 is 15.4 Å². The van der Waals surface area contributed by atoms with Gasteiger partial charge in [-0.1, -0.05) is 30.3 Å². The summed E-state index contributed by atoms with van der Waals surface area (Å²) in [6.45, 7) is 0. The minimum Gasteiger partial charge on any atom is -0.434 e. The van der Waals surface area contributed by atoms with E-state index < -0.39 is 5.82 Å². The van der Waals surface area contributed by atoms with Gasteiger partial charge in [-0.25, -0.2) is 19.3 Å². The van der Waals surface area contributed by atoms with Gasteiger partial charge in [-0.2, -0.15) is 0 Å². The maximum Gasteiger partial charge on any atom is 0.243 e. The molecule has 0 bridgehead atoms. The van der Waals surface area contributed by atoms with Gasteiger partial charge in [-0.05, 0) is 30.3 Å². The molecule has 1 aliphatic rings. The number of aromatic nitrogens is 3. The first-order valence-electron chi connectivity index (χ1n) is 9.57. The minimum atomic E-state index is -0.492. The van der Waals surface area contributed by atoms with Crippen molar-refractivity contribution in [2.45, 2.75) is 6.42 Å². The summed E-state index contributed by atoms with van der Waals surface area (Å²) in [4.78, 5) is 25.4. The summed E-state index contributed by atoms with van der Waals surface area (Å²) in [6, 6.07) is 17.0. The second kappa shape index (κ2) is 7.83. The zero-order valence-corrected chi connectivity index (χ0v) is 16.2. The van der Waals surface area contributed by atoms with E-state index in [9.17, 15) is 9.18 Å². The second-order valence-corrected chi connectivity index (χ2v) is 6.85. The van der Waals surface area contributed by atoms with Gasteiger partial charge in [-0.15, -0.1) is 0 Å². The Morgan fingerprint density at radius 1 is 1.00 bits per heavy atom. The van der Waals surface area contributed by atoms with E-state index in [-0.39, 0.29) is 24.0 Å². The second-order valence-electron chi connectivity index (χ2n) is 6.85. The normalized spacial score (nSPS) is 12.2. The molecule has 3 heterocycles. The molecule has 0 saturated carbocycles. The predicted molar refractivity (Wildman–Crippen MR) is 114 cm³/mol. The fourth-order valence-corrected chi connectivity index (χ4v) is 3.31. The SMILES string of the molecule is O=C1Cc2cnc(Nc3cccnc3Oc3ccccc3F)nc2-c2ccccc2N1. The quantitative estimate of drug-likeness (QED) is 0.504. The molecule has 0 fully saturated rings. The third-order valence-corrected chi connectivity index (χ3v) is 4.73. The molecule has 31 heavy (non-hydrogen) atoms. The highest BCUT2D eigenvalue weighted by Gasteiger charge is 2.21. The molecular weight excluding hydrogens is 397 g/mol. The summed E-state index contributed by atoms with van der Waals surface area (Å²) in [5.41, 5.74) is 3.36. The minimum absolute atomic E-state index is 0.0608. The monoisotopic (exact) mass is 413 g/mol. The largest absolute Gasteiger partial charge is 0.434 e. The van der Waals surface area contributed by atoms with E-state index in [4.69, 9.17) is 4.74 Å². The molecule has 7 nitrogen and oxygen atoms in total. The number of carbonyl (C=O) groups excluding carboxylic acids is 1. The number of anilines is 3. The Hall–Kier alpha value is -4.33. The van der Waals surface area contributed by atoms with Crippen LogP contribution < -0.4 is 15.4 Å². The van der Waals surface area contributed by atoms with E-state index in [2.05, 4.69) is 25.6 Å². The molecule has 0 spiro atoms. The molecule has 0 radical (unpaired) electrons. The van der Waals surface area contributed by atoms with E-state index >= 15 is 0 Å². The Morgan fingerprint density at radius 2 is 1.84 bits per heavy atom. The highest BCUT2D eigenvalue weighted by Crippen LogP contribution is 2.34. The molecule has 2 aromatic heterocycles. The highest BCUT2D eigenvalue weighted by atomic mass is 19.1. The highest BCUT2D eigenvalue weighted by molar-refractivity contribution is 5.99. The summed E-state index contributed by atoms with van der Waals surface area (Å²) >= 11 is 0. The first-order valence-corrected chi connectivity index (χ1v) is 9.57. The number of pyridine rings is 1. The van der Waals surface area contributed by atoms with Crippen molar-refractivity contribution in [3.63, 3.8) is 0 Å². The average Bonchev–Trinajstić information content (AvgIpc) is 2.92. The number of nitrogens with zero attached hydrogens (tertiary/aromatic N) is 3. The molecule has 1 amide bonds. The summed E-state index contributed by atoms with van der Waals surface area (Å²) in [7, 11) is 0. The Bertz CT molecular complexity index is 1290. The van der Waals surface area contributed by atoms with Crippen LogP contribution in [0.25, 0.3) is 11.3 Å². The molecule has 0 saturated heterocycles. The lowest BCUT2D eigenvalue weighted by atomic mass is 10.1. The molecule has 0 atom stereocenters. The zero-order valence-electron chi connectivity index (χ0n) is 16.2. The van der Waals surface area contributed by atoms with Crippen molar-refractivity contribution >= 4 is 23.2 Å². The van der Waals surface area contributed by atoms with Crippen molar-refractivity contribution in [2.24, 2.45) is 0 Å². The van der Waals surface area contributed by atoms with Crippen LogP contribution in [-0.2, 0) is 11.2 Å². The van der Waals surface area contributed by atoms with Gasteiger partial charge in [0.25, 0.3) is 0 Å². The number of rotatable bonds is 4. The van der Waals surface area contributed by atoms with Gasteiger partial charge in [0.05, 0.1) is 17.8 Å². The van der Waals surface area contributed by atoms with Gasteiger partial charge in [-0.3, -0.25) is 4.79 Å². The van der Waals surface area contributed by atoms with Crippen LogP contribution in [-0.4, -0.2) is 20.9 Å². The Kier molecular flexibility index (Phi) is 4.72. The molecule has 0 unspecified atom stereocenters. The van der Waals surface area contributed by atoms with Crippen LogP contribution in [0.15, 0.2) is 73.1 Å². The summed E-state index contributed by atoms with van der Waals surface area (Å²) in [5.74, 6) is -0.0687. The predicted octanol–water partition coefficient (Wildman–Crippen LogP) is 4.71. The number of hydrogen-bond donors (Lipinski definition) is 2. The molecule has 4 aromatic rings. The fraction of sp³-hybridized carbons (Fsp3) is 0.0435. The zero-order chi connectivity index (χ0) is 21.2. The van der Waals surface area contributed by atoms with Gasteiger partial charge in [0.2, 0.25) is 17.7 Å². The number of amides is 1. The van der Waals surface area contributed by atoms with Crippen molar-refractivity contribution in [1.29, 1.82) is 0 Å². The maximum atomic E-state index is 14.0. The first-order chi connectivity index (χ1) is 15.2. The van der Waals surface area contributed by atoms with E-state index in [1.807, 2.05) is 24.3 Å². The lowest BCUT2D eigenvalue weighted by Gasteiger charge is -2.13. The molecule has 1 aliphatic heterocycles. The molecule has 0 aliphatic carbocycles. The first kappa shape index (κ1) is 18.7. The van der Waals surface area contributed by atoms with Crippen LogP contribution in [0.4, 0.5) is 21.7 Å². The molecule has 152 valence electrons. The fourth-order valence-electron chi connectivity index (χ4n) is 3.31. The van der Waals surface area contributed by atoms with Gasteiger partial charge >= 0.3 is 0 Å². The number of nitrogens with one attached hydrogen (secondary N) is 2. The number of hydrogen-bond acceptors (Lipinski definition) is 6. The van der Waals surface area contributed by atoms with E-state index in [1.54, 1.807) is 36.7 Å². The van der Waals surface area contributed by atoms with Crippen LogP contribution in [0, 0.1) is 5.82 Å². The number of fused-ring (bicyclic) bond motifs is 3. The third-order valence-electron chi connectivity index (χ3n) is 4.73. The Morgan fingerprint density at radius 3 is 2.74 bits per heavy atom. The number of ether oxygens (including phenoxy) is 1. The molecule has 2 aromatic carbocycles. The summed E-state index contributed by atoms with van der Waals surface area (Å²) in [6.07, 6.45) is 3.35. The maximum absolute atomic E-state index is 14.0. The van der Waals surface area contributed by atoms with Crippen molar-refractivity contribution in [3.05, 3.63) is 84.4 Å². The Labute approximate surface area is 177 Å². The lowest BCUT2D eigenvalue weighted by Crippen LogP contribution is -2.12. The molecule has 8 heteroatoms. The van der Waals surface area contributed by atoms with E-state index in [0.717, 1.165) is 11.1 Å². The van der Waals surface area contributed by atoms with Gasteiger partial charge in [0.1, 0.15) is 5.69 Å². The van der Waals surface area contributed by atoms with Crippen LogP contribution in [0.2, 0.25) is 0 Å². The van der Waals surface area contributed by atoms with Crippen molar-refractivity contribution in [2.75, 3.05) is 10.6 Å². The number of halogens is 1. The molecular formula is C23H16FN5O2. The van der Waals surface area contributed by atoms with Crippen molar-refractivity contribution in [3.8, 4) is 22.9 Å². The van der Waals surface area contributed by atoms with Crippen LogP contribution in [0.1, 0.15) is 5.56 Å². The van der Waals surface area contributed by atoms with Gasteiger partial charge in [0.15, 0.2) is 11.6 Å². The van der Waals surface area contributed by atoms with E-state index in [0.29, 0.717) is 23.0 Å². The third kappa shape index (κ3) is 3.78. The van der Waals surface area contributed by atoms with E-state index in [1.165, 1.54) is 12.1 Å². The van der Waals surface area contributed by atoms with Crippen LogP contribution in [0.3, 0.4) is 0 Å². The molecule has 2 N–H and O–H groups in total. The van der Waals surface area contributed by atoms with Crippen LogP contribution in [0.5, 0.6) is 11.6 Å². The van der Waals surface area contributed by atoms with Gasteiger partial charge in [0, 0.05) is 23.5 Å². The lowest BCUT2D eigenvalue weighted by molar-refractivity contribution is -0.115. The number of benzene rings is 2. The average molecular weight is 413 g/mol. The van der Waals surface area contributed by atoms with Crippen molar-refractivity contribution in [1.82, 2.24) is 15.0 Å². The summed E-state index contributed by atoms with van der Waals surface area (Å²) in [5, 5.41) is 5.97. The topological polar surface area (TPSA) is 89.0 Å². The van der Waals surface area contributed by atoms with Crippen molar-refractivity contribution < 1.29 is 13.9 Å².